The lowest BCUT2D eigenvalue weighted by molar-refractivity contribution is -0.135. The number of carbonyl (C=O) groups excluding carboxylic acids is 2. The molecule has 0 radical (unpaired) electrons. The molecule has 2 fully saturated rings. The Morgan fingerprint density at radius 2 is 2.08 bits per heavy atom. The summed E-state index contributed by atoms with van der Waals surface area (Å²) in [5.41, 5.74) is 4.61. The molecule has 1 spiro atoms. The zero-order valence-electron chi connectivity index (χ0n) is 22.2. The van der Waals surface area contributed by atoms with Crippen molar-refractivity contribution < 1.29 is 19.1 Å². The number of hydrogen-bond donors (Lipinski definition) is 2. The molecule has 1 aromatic heterocycles. The van der Waals surface area contributed by atoms with Crippen LogP contribution in [0.1, 0.15) is 64.4 Å². The molecule has 7 rings (SSSR count). The van der Waals surface area contributed by atoms with E-state index in [4.69, 9.17) is 9.47 Å². The standard InChI is InChI=1S/C31H38N2O4/c1-4-5-6-24-22-9-8-21-20-11-13-31(27(21)26(22)29(34)36-24)25(10-7-18(2)16-32-3)37-30(35)28(31)23(20)15-19-12-14-33-17-19/h6,10,12,14,17-18,20-21,27,32-33H,4-5,7-9,11,13,15-16H2,1-3H3. The van der Waals surface area contributed by atoms with Crippen molar-refractivity contribution >= 4 is 11.9 Å². The predicted molar refractivity (Wildman–Crippen MR) is 141 cm³/mol. The van der Waals surface area contributed by atoms with Crippen LogP contribution in [0.3, 0.4) is 0 Å². The van der Waals surface area contributed by atoms with Gasteiger partial charge in [-0.1, -0.05) is 25.8 Å². The number of hydrogen-bond acceptors (Lipinski definition) is 5. The minimum absolute atomic E-state index is 0.0580. The van der Waals surface area contributed by atoms with Crippen molar-refractivity contribution in [2.45, 2.75) is 65.2 Å². The smallest absolute Gasteiger partial charge is 0.340 e. The van der Waals surface area contributed by atoms with Crippen LogP contribution in [0.2, 0.25) is 0 Å². The lowest BCUT2D eigenvalue weighted by Crippen LogP contribution is -2.52. The number of cyclic esters (lactones) is 2. The van der Waals surface area contributed by atoms with Gasteiger partial charge in [0.15, 0.2) is 0 Å². The van der Waals surface area contributed by atoms with E-state index in [1.807, 2.05) is 19.4 Å². The Balaban J connectivity index is 1.52. The molecule has 196 valence electrons. The van der Waals surface area contributed by atoms with Gasteiger partial charge in [-0.3, -0.25) is 0 Å². The van der Waals surface area contributed by atoms with Gasteiger partial charge in [-0.2, -0.15) is 0 Å². The van der Waals surface area contributed by atoms with Gasteiger partial charge in [-0.15, -0.1) is 0 Å². The van der Waals surface area contributed by atoms with E-state index in [1.165, 1.54) is 11.1 Å². The average molecular weight is 503 g/mol. The zero-order valence-corrected chi connectivity index (χ0v) is 22.2. The molecule has 37 heavy (non-hydrogen) atoms. The lowest BCUT2D eigenvalue weighted by atomic mass is 9.44. The molecular weight excluding hydrogens is 464 g/mol. The van der Waals surface area contributed by atoms with E-state index in [0.717, 1.165) is 86.1 Å². The number of aromatic amines is 1. The summed E-state index contributed by atoms with van der Waals surface area (Å²) in [7, 11) is 1.96. The summed E-state index contributed by atoms with van der Waals surface area (Å²) >= 11 is 0. The van der Waals surface area contributed by atoms with Gasteiger partial charge in [0.1, 0.15) is 11.5 Å². The van der Waals surface area contributed by atoms with E-state index < -0.39 is 5.41 Å². The monoisotopic (exact) mass is 502 g/mol. The molecule has 1 aromatic rings. The topological polar surface area (TPSA) is 80.4 Å². The van der Waals surface area contributed by atoms with Gasteiger partial charge in [-0.05, 0) is 100 Å². The largest absolute Gasteiger partial charge is 0.427 e. The van der Waals surface area contributed by atoms with Crippen LogP contribution in [0.15, 0.2) is 64.4 Å². The van der Waals surface area contributed by atoms with Crippen LogP contribution in [0, 0.1) is 29.1 Å². The normalized spacial score (nSPS) is 33.1. The highest BCUT2D eigenvalue weighted by Crippen LogP contribution is 2.70. The molecule has 6 nitrogen and oxygen atoms in total. The third-order valence-corrected chi connectivity index (χ3v) is 9.40. The molecule has 3 heterocycles. The summed E-state index contributed by atoms with van der Waals surface area (Å²) in [4.78, 5) is 30.3. The highest BCUT2D eigenvalue weighted by atomic mass is 16.5. The molecule has 5 atom stereocenters. The Labute approximate surface area is 219 Å². The Morgan fingerprint density at radius 3 is 2.84 bits per heavy atom. The average Bonchev–Trinajstić information content (AvgIpc) is 3.59. The second-order valence-electron chi connectivity index (χ2n) is 11.6. The minimum Gasteiger partial charge on any atom is -0.427 e. The Hall–Kier alpha value is -2.86. The van der Waals surface area contributed by atoms with Gasteiger partial charge in [0, 0.05) is 29.5 Å². The fraction of sp³-hybridized carbons (Fsp3) is 0.548. The SMILES string of the molecule is CCCC=C1OC(=O)C2=C1CCC1C3CCC4(C(=CCC(C)CNC)OC(=O)C4=C3Cc3cc[nH]c3)C21. The van der Waals surface area contributed by atoms with Crippen LogP contribution >= 0.6 is 0 Å². The molecule has 2 N–H and O–H groups in total. The van der Waals surface area contributed by atoms with Crippen molar-refractivity contribution in [2.75, 3.05) is 13.6 Å². The van der Waals surface area contributed by atoms with Crippen LogP contribution in [0.5, 0.6) is 0 Å². The highest BCUT2D eigenvalue weighted by molar-refractivity contribution is 6.00. The predicted octanol–water partition coefficient (Wildman–Crippen LogP) is 5.51. The third-order valence-electron chi connectivity index (χ3n) is 9.40. The molecule has 1 saturated heterocycles. The molecular formula is C31H38N2O4. The van der Waals surface area contributed by atoms with Gasteiger partial charge in [0.05, 0.1) is 11.0 Å². The number of H-pyrrole nitrogens is 1. The number of fused-ring (bicyclic) bond motifs is 1. The summed E-state index contributed by atoms with van der Waals surface area (Å²) in [5, 5.41) is 3.25. The number of ether oxygens (including phenoxy) is 2. The summed E-state index contributed by atoms with van der Waals surface area (Å²) in [6, 6.07) is 2.09. The van der Waals surface area contributed by atoms with E-state index in [9.17, 15) is 9.59 Å². The molecule has 1 saturated carbocycles. The second kappa shape index (κ2) is 9.46. The van der Waals surface area contributed by atoms with Crippen LogP contribution in [0.4, 0.5) is 0 Å². The maximum Gasteiger partial charge on any atom is 0.340 e. The molecule has 6 aliphatic rings. The summed E-state index contributed by atoms with van der Waals surface area (Å²) in [6.07, 6.45) is 15.4. The van der Waals surface area contributed by atoms with E-state index in [1.54, 1.807) is 0 Å². The first-order valence-corrected chi connectivity index (χ1v) is 14.1. The van der Waals surface area contributed by atoms with Crippen molar-refractivity contribution in [2.24, 2.45) is 29.1 Å². The number of carbonyl (C=O) groups is 2. The van der Waals surface area contributed by atoms with E-state index in [2.05, 4.69) is 42.4 Å². The summed E-state index contributed by atoms with van der Waals surface area (Å²) in [6.45, 7) is 5.24. The van der Waals surface area contributed by atoms with Gasteiger partial charge in [0.25, 0.3) is 0 Å². The van der Waals surface area contributed by atoms with Crippen molar-refractivity contribution in [3.63, 3.8) is 0 Å². The quantitative estimate of drug-likeness (QED) is 0.458. The van der Waals surface area contributed by atoms with Gasteiger partial charge in [0.2, 0.25) is 0 Å². The molecule has 4 aliphatic carbocycles. The van der Waals surface area contributed by atoms with Crippen molar-refractivity contribution in [1.82, 2.24) is 10.3 Å². The number of esters is 2. The van der Waals surface area contributed by atoms with Crippen LogP contribution in [-0.2, 0) is 25.5 Å². The van der Waals surface area contributed by atoms with Crippen molar-refractivity contribution in [3.05, 3.63) is 70.0 Å². The second-order valence-corrected chi connectivity index (χ2v) is 11.6. The maximum atomic E-state index is 13.7. The zero-order chi connectivity index (χ0) is 25.7. The molecule has 6 heteroatoms. The van der Waals surface area contributed by atoms with Crippen molar-refractivity contribution in [3.8, 4) is 0 Å². The summed E-state index contributed by atoms with van der Waals surface area (Å²) in [5.74, 6) is 2.09. The first-order valence-electron chi connectivity index (χ1n) is 14.1. The number of allylic oxidation sites excluding steroid dienone is 5. The summed E-state index contributed by atoms with van der Waals surface area (Å²) < 4.78 is 12.1. The first kappa shape index (κ1) is 24.5. The fourth-order valence-electron chi connectivity index (χ4n) is 7.99. The van der Waals surface area contributed by atoms with Crippen molar-refractivity contribution in [1.29, 1.82) is 0 Å². The Kier molecular flexibility index (Phi) is 6.26. The number of aromatic nitrogens is 1. The van der Waals surface area contributed by atoms with Gasteiger partial charge < -0.3 is 19.8 Å². The van der Waals surface area contributed by atoms with E-state index >= 15 is 0 Å². The molecule has 0 amide bonds. The number of rotatable bonds is 8. The number of unbranched alkanes of at least 4 members (excludes halogenated alkanes) is 1. The molecule has 2 aliphatic heterocycles. The Morgan fingerprint density at radius 1 is 1.22 bits per heavy atom. The van der Waals surface area contributed by atoms with Gasteiger partial charge >= 0.3 is 11.9 Å². The first-order chi connectivity index (χ1) is 18.0. The molecule has 2 bridgehead atoms. The maximum absolute atomic E-state index is 13.7. The van der Waals surface area contributed by atoms with Crippen LogP contribution < -0.4 is 5.32 Å². The fourth-order valence-corrected chi connectivity index (χ4v) is 7.99. The number of nitrogens with one attached hydrogen (secondary N) is 2. The van der Waals surface area contributed by atoms with Crippen LogP contribution in [0.25, 0.3) is 0 Å². The highest BCUT2D eigenvalue weighted by Gasteiger charge is 2.68. The third kappa shape index (κ3) is 3.70. The Bertz CT molecular complexity index is 1230. The molecule has 5 unspecified atom stereocenters. The molecule has 0 aromatic carbocycles. The minimum atomic E-state index is -0.568. The van der Waals surface area contributed by atoms with E-state index in [-0.39, 0.29) is 23.8 Å². The van der Waals surface area contributed by atoms with Crippen LogP contribution in [-0.4, -0.2) is 30.5 Å². The van der Waals surface area contributed by atoms with Gasteiger partial charge in [-0.25, -0.2) is 9.59 Å². The van der Waals surface area contributed by atoms with E-state index in [0.29, 0.717) is 11.8 Å². The lowest BCUT2D eigenvalue weighted by Gasteiger charge is -2.56.